The largest absolute Gasteiger partial charge is 0.355 e. The van der Waals surface area contributed by atoms with Crippen LogP contribution in [-0.2, 0) is 6.54 Å². The van der Waals surface area contributed by atoms with E-state index in [-0.39, 0.29) is 0 Å². The van der Waals surface area contributed by atoms with E-state index in [9.17, 15) is 0 Å². The highest BCUT2D eigenvalue weighted by atomic mass is 15.3. The van der Waals surface area contributed by atoms with E-state index in [4.69, 9.17) is 0 Å². The summed E-state index contributed by atoms with van der Waals surface area (Å²) in [4.78, 5) is 11.2. The van der Waals surface area contributed by atoms with Gasteiger partial charge in [-0.15, -0.1) is 10.2 Å². The van der Waals surface area contributed by atoms with Gasteiger partial charge in [0.15, 0.2) is 5.65 Å². The average molecular weight is 337 g/mol. The fraction of sp³-hybridized carbons (Fsp3) is 0.444. The van der Waals surface area contributed by atoms with Crippen molar-refractivity contribution >= 4 is 11.6 Å². The summed E-state index contributed by atoms with van der Waals surface area (Å²) in [5.74, 6) is 2.17. The second-order valence-electron chi connectivity index (χ2n) is 6.51. The van der Waals surface area contributed by atoms with Gasteiger partial charge in [-0.25, -0.2) is 9.97 Å². The van der Waals surface area contributed by atoms with Gasteiger partial charge in [0.05, 0.1) is 0 Å². The van der Waals surface area contributed by atoms with Gasteiger partial charge in [-0.05, 0) is 38.4 Å². The number of hydrogen-bond acceptors (Lipinski definition) is 6. The van der Waals surface area contributed by atoms with Crippen molar-refractivity contribution in [2.45, 2.75) is 32.2 Å². The van der Waals surface area contributed by atoms with Gasteiger partial charge in [-0.2, -0.15) is 0 Å². The van der Waals surface area contributed by atoms with Gasteiger partial charge in [0.25, 0.3) is 0 Å². The Bertz CT molecular complexity index is 827. The molecule has 7 heteroatoms. The maximum Gasteiger partial charge on any atom is 0.222 e. The fourth-order valence-electron chi connectivity index (χ4n) is 3.49. The molecule has 3 aromatic rings. The molecule has 1 atom stereocenters. The molecule has 25 heavy (non-hydrogen) atoms. The Morgan fingerprint density at radius 2 is 2.08 bits per heavy atom. The zero-order valence-electron chi connectivity index (χ0n) is 14.5. The molecule has 0 amide bonds. The van der Waals surface area contributed by atoms with E-state index in [0.717, 1.165) is 49.6 Å². The number of anilines is 1. The van der Waals surface area contributed by atoms with Gasteiger partial charge >= 0.3 is 0 Å². The van der Waals surface area contributed by atoms with Crippen LogP contribution >= 0.6 is 0 Å². The van der Waals surface area contributed by atoms with Crippen LogP contribution in [0.3, 0.4) is 0 Å². The Morgan fingerprint density at radius 1 is 1.20 bits per heavy atom. The number of likely N-dealkylation sites (tertiary alicyclic amines) is 1. The molecule has 7 nitrogen and oxygen atoms in total. The number of fused-ring (bicyclic) bond motifs is 1. The van der Waals surface area contributed by atoms with E-state index in [1.165, 1.54) is 6.42 Å². The van der Waals surface area contributed by atoms with Crippen LogP contribution in [0.25, 0.3) is 5.65 Å². The van der Waals surface area contributed by atoms with Crippen molar-refractivity contribution in [2.24, 2.45) is 0 Å². The molecule has 0 radical (unpaired) electrons. The number of rotatable bonds is 5. The Labute approximate surface area is 147 Å². The molecular weight excluding hydrogens is 314 g/mol. The molecule has 4 heterocycles. The number of piperidine rings is 1. The Morgan fingerprint density at radius 3 is 2.92 bits per heavy atom. The molecule has 3 aromatic heterocycles. The van der Waals surface area contributed by atoms with Crippen molar-refractivity contribution in [3.8, 4) is 0 Å². The SMILES string of the molecule is CCNc1ncc(CN2CCCC(c3nnc4ccccn34)C2)cn1. The first-order valence-electron chi connectivity index (χ1n) is 8.90. The first-order valence-corrected chi connectivity index (χ1v) is 8.90. The normalized spacial score (nSPS) is 18.5. The molecular formula is C18H23N7. The fourth-order valence-corrected chi connectivity index (χ4v) is 3.49. The lowest BCUT2D eigenvalue weighted by molar-refractivity contribution is 0.196. The summed E-state index contributed by atoms with van der Waals surface area (Å²) in [7, 11) is 0. The molecule has 1 aliphatic heterocycles. The first-order chi connectivity index (χ1) is 12.3. The molecule has 0 aromatic carbocycles. The van der Waals surface area contributed by atoms with Gasteiger partial charge in [-0.3, -0.25) is 9.30 Å². The van der Waals surface area contributed by atoms with Crippen LogP contribution in [0.15, 0.2) is 36.8 Å². The molecule has 130 valence electrons. The molecule has 1 unspecified atom stereocenters. The highest BCUT2D eigenvalue weighted by Crippen LogP contribution is 2.26. The van der Waals surface area contributed by atoms with Gasteiger partial charge in [-0.1, -0.05) is 6.07 Å². The van der Waals surface area contributed by atoms with Crippen molar-refractivity contribution in [3.05, 3.63) is 48.2 Å². The van der Waals surface area contributed by atoms with E-state index in [2.05, 4.69) is 41.0 Å². The molecule has 1 fully saturated rings. The van der Waals surface area contributed by atoms with E-state index >= 15 is 0 Å². The lowest BCUT2D eigenvalue weighted by atomic mass is 9.97. The van der Waals surface area contributed by atoms with Crippen molar-refractivity contribution < 1.29 is 0 Å². The summed E-state index contributed by atoms with van der Waals surface area (Å²) in [6.07, 6.45) is 8.21. The van der Waals surface area contributed by atoms with Crippen molar-refractivity contribution in [1.29, 1.82) is 0 Å². The first kappa shape index (κ1) is 16.0. The monoisotopic (exact) mass is 337 g/mol. The topological polar surface area (TPSA) is 71.2 Å². The van der Waals surface area contributed by atoms with E-state index < -0.39 is 0 Å². The summed E-state index contributed by atoms with van der Waals surface area (Å²) < 4.78 is 2.11. The molecule has 4 rings (SSSR count). The third-order valence-corrected chi connectivity index (χ3v) is 4.66. The second kappa shape index (κ2) is 7.14. The summed E-state index contributed by atoms with van der Waals surface area (Å²) in [5, 5.41) is 11.9. The Kier molecular flexibility index (Phi) is 4.56. The van der Waals surface area contributed by atoms with Crippen molar-refractivity contribution in [1.82, 2.24) is 29.5 Å². The minimum absolute atomic E-state index is 0.410. The van der Waals surface area contributed by atoms with Crippen LogP contribution < -0.4 is 5.32 Å². The number of hydrogen-bond donors (Lipinski definition) is 1. The number of nitrogens with zero attached hydrogens (tertiary/aromatic N) is 6. The van der Waals surface area contributed by atoms with E-state index in [0.29, 0.717) is 11.9 Å². The predicted octanol–water partition coefficient (Wildman–Crippen LogP) is 2.33. The van der Waals surface area contributed by atoms with Crippen LogP contribution in [-0.4, -0.2) is 49.1 Å². The van der Waals surface area contributed by atoms with Gasteiger partial charge < -0.3 is 5.32 Å². The minimum Gasteiger partial charge on any atom is -0.355 e. The number of aromatic nitrogens is 5. The highest BCUT2D eigenvalue weighted by molar-refractivity contribution is 5.37. The maximum absolute atomic E-state index is 4.45. The Hall–Kier alpha value is -2.54. The summed E-state index contributed by atoms with van der Waals surface area (Å²) >= 11 is 0. The molecule has 0 saturated carbocycles. The zero-order chi connectivity index (χ0) is 17.1. The van der Waals surface area contributed by atoms with Crippen molar-refractivity contribution in [2.75, 3.05) is 25.0 Å². The predicted molar refractivity (Wildman–Crippen MR) is 96.4 cm³/mol. The maximum atomic E-state index is 4.45. The zero-order valence-corrected chi connectivity index (χ0v) is 14.5. The van der Waals surface area contributed by atoms with E-state index in [1.54, 1.807) is 0 Å². The van der Waals surface area contributed by atoms with Crippen LogP contribution in [0.2, 0.25) is 0 Å². The van der Waals surface area contributed by atoms with Crippen molar-refractivity contribution in [3.63, 3.8) is 0 Å². The molecule has 1 aliphatic rings. The Balaban J connectivity index is 1.45. The third-order valence-electron chi connectivity index (χ3n) is 4.66. The smallest absolute Gasteiger partial charge is 0.222 e. The molecule has 0 spiro atoms. The van der Waals surface area contributed by atoms with Gasteiger partial charge in [0.1, 0.15) is 5.82 Å². The molecule has 1 saturated heterocycles. The van der Waals surface area contributed by atoms with Gasteiger partial charge in [0.2, 0.25) is 5.95 Å². The summed E-state index contributed by atoms with van der Waals surface area (Å²) in [6.45, 7) is 5.84. The van der Waals surface area contributed by atoms with E-state index in [1.807, 2.05) is 37.5 Å². The highest BCUT2D eigenvalue weighted by Gasteiger charge is 2.25. The molecule has 1 N–H and O–H groups in total. The van der Waals surface area contributed by atoms with Crippen LogP contribution in [0.4, 0.5) is 5.95 Å². The average Bonchev–Trinajstić information content (AvgIpc) is 3.08. The number of pyridine rings is 1. The number of nitrogens with one attached hydrogen (secondary N) is 1. The van der Waals surface area contributed by atoms with Gasteiger partial charge in [0, 0.05) is 49.7 Å². The lowest BCUT2D eigenvalue weighted by Gasteiger charge is -2.31. The summed E-state index contributed by atoms with van der Waals surface area (Å²) in [6, 6.07) is 6.03. The van der Waals surface area contributed by atoms with Crippen LogP contribution in [0.1, 0.15) is 37.1 Å². The molecule has 0 aliphatic carbocycles. The quantitative estimate of drug-likeness (QED) is 0.770. The van der Waals surface area contributed by atoms with Crippen LogP contribution in [0, 0.1) is 0 Å². The molecule has 0 bridgehead atoms. The summed E-state index contributed by atoms with van der Waals surface area (Å²) in [5.41, 5.74) is 2.07. The lowest BCUT2D eigenvalue weighted by Crippen LogP contribution is -2.34. The third kappa shape index (κ3) is 3.46. The standard InChI is InChI=1S/C18H23N7/c1-2-19-18-20-10-14(11-21-18)12-24-8-5-6-15(13-24)17-23-22-16-7-3-4-9-25(16)17/h3-4,7,9-11,15H,2,5-6,8,12-13H2,1H3,(H,19,20,21). The minimum atomic E-state index is 0.410. The van der Waals surface area contributed by atoms with Crippen LogP contribution in [0.5, 0.6) is 0 Å². The second-order valence-corrected chi connectivity index (χ2v) is 6.51.